The van der Waals surface area contributed by atoms with Gasteiger partial charge in [0.1, 0.15) is 6.61 Å². The predicted octanol–water partition coefficient (Wildman–Crippen LogP) is 5.53. The van der Waals surface area contributed by atoms with Crippen LogP contribution in [0.1, 0.15) is 99.8 Å². The molecule has 238 valence electrons. The second-order valence-corrected chi connectivity index (χ2v) is 16.2. The molecule has 4 aliphatic rings. The number of hydrogen-bond acceptors (Lipinski definition) is 8. The lowest BCUT2D eigenvalue weighted by molar-refractivity contribution is -0.206. The van der Waals surface area contributed by atoms with Gasteiger partial charge in [-0.3, -0.25) is 13.8 Å². The van der Waals surface area contributed by atoms with E-state index in [1.165, 1.54) is 6.42 Å². The average molecular weight is 609 g/mol. The molecule has 7 atom stereocenters. The molecule has 1 saturated heterocycles. The first-order valence-electron chi connectivity index (χ1n) is 15.7. The summed E-state index contributed by atoms with van der Waals surface area (Å²) in [6.07, 6.45) is 11.8. The van der Waals surface area contributed by atoms with Crippen LogP contribution in [-0.4, -0.2) is 62.1 Å². The van der Waals surface area contributed by atoms with E-state index in [0.717, 1.165) is 43.9 Å². The maximum atomic E-state index is 14.3. The van der Waals surface area contributed by atoms with E-state index in [1.54, 1.807) is 6.08 Å². The first-order valence-corrected chi connectivity index (χ1v) is 17.5. The largest absolute Gasteiger partial charge is 0.393 e. The predicted molar refractivity (Wildman–Crippen MR) is 161 cm³/mol. The zero-order chi connectivity index (χ0) is 31.3. The van der Waals surface area contributed by atoms with Crippen LogP contribution >= 0.6 is 0 Å². The summed E-state index contributed by atoms with van der Waals surface area (Å²) < 4.78 is 42.4. The Morgan fingerprint density at radius 3 is 2.40 bits per heavy atom. The first-order chi connectivity index (χ1) is 19.4. The number of aliphatic hydroxyl groups excluding tert-OH is 1. The fraction of sp³-hybridized carbons (Fsp3) is 0.818. The summed E-state index contributed by atoms with van der Waals surface area (Å²) in [5.41, 5.74) is -2.49. The summed E-state index contributed by atoms with van der Waals surface area (Å²) in [7, 11) is -3.87. The van der Waals surface area contributed by atoms with Crippen LogP contribution in [0.3, 0.4) is 0 Å². The topological polar surface area (TPSA) is 116 Å². The van der Waals surface area contributed by atoms with E-state index in [2.05, 4.69) is 26.8 Å². The Morgan fingerprint density at radius 1 is 1.17 bits per heavy atom. The van der Waals surface area contributed by atoms with Crippen molar-refractivity contribution < 1.29 is 36.8 Å². The van der Waals surface area contributed by atoms with Gasteiger partial charge >= 0.3 is 0 Å². The van der Waals surface area contributed by atoms with E-state index in [0.29, 0.717) is 12.8 Å². The van der Waals surface area contributed by atoms with Gasteiger partial charge in [-0.15, -0.1) is 0 Å². The highest BCUT2D eigenvalue weighted by Crippen LogP contribution is 2.64. The maximum Gasteiger partial charge on any atom is 0.264 e. The van der Waals surface area contributed by atoms with Crippen molar-refractivity contribution in [3.63, 3.8) is 0 Å². The summed E-state index contributed by atoms with van der Waals surface area (Å²) in [6, 6.07) is 0. The van der Waals surface area contributed by atoms with E-state index < -0.39 is 62.9 Å². The van der Waals surface area contributed by atoms with Crippen molar-refractivity contribution in [3.8, 4) is 0 Å². The molecule has 9 heteroatoms. The van der Waals surface area contributed by atoms with E-state index in [1.807, 2.05) is 33.8 Å². The summed E-state index contributed by atoms with van der Waals surface area (Å²) in [5.74, 6) is -0.529. The fourth-order valence-electron chi connectivity index (χ4n) is 8.88. The standard InChI is InChI=1S/C33H52O8S/c1-21(34)28-26(17-16-24-19-25(35)15-12-18-32(24,28)7)30(3,4)31(5,6)33(27(36)20-39-42(8,37)38)22(2)40-29(41-33)23-13-10-9-11-14-23/h12,18-19,21-23,26,28-29,34H,9-11,13-17,20H2,1-8H3/t21?,22-,26-,28+,29-,32+,33+/m1/s1. The molecular weight excluding hydrogens is 556 g/mol. The minimum atomic E-state index is -3.87. The maximum absolute atomic E-state index is 14.3. The summed E-state index contributed by atoms with van der Waals surface area (Å²) >= 11 is 0. The van der Waals surface area contributed by atoms with Gasteiger partial charge in [-0.1, -0.05) is 71.6 Å². The summed E-state index contributed by atoms with van der Waals surface area (Å²) in [4.78, 5) is 26.8. The minimum Gasteiger partial charge on any atom is -0.393 e. The Kier molecular flexibility index (Phi) is 9.45. The number of aliphatic hydroxyl groups is 1. The average Bonchev–Trinajstić information content (AvgIpc) is 3.18. The van der Waals surface area contributed by atoms with Crippen molar-refractivity contribution in [2.45, 2.75) is 124 Å². The quantitative estimate of drug-likeness (QED) is 0.268. The van der Waals surface area contributed by atoms with Gasteiger partial charge in [-0.05, 0) is 56.9 Å². The lowest BCUT2D eigenvalue weighted by atomic mass is 9.45. The molecule has 3 fully saturated rings. The van der Waals surface area contributed by atoms with Crippen molar-refractivity contribution in [2.75, 3.05) is 12.9 Å². The molecule has 1 heterocycles. The molecule has 4 rings (SSSR count). The summed E-state index contributed by atoms with van der Waals surface area (Å²) in [6.45, 7) is 13.4. The van der Waals surface area contributed by atoms with Crippen LogP contribution < -0.4 is 0 Å². The van der Waals surface area contributed by atoms with Gasteiger partial charge in [0.05, 0.1) is 18.5 Å². The Labute approximate surface area is 252 Å². The van der Waals surface area contributed by atoms with Gasteiger partial charge in [-0.2, -0.15) is 8.42 Å². The Bertz CT molecular complexity index is 1210. The zero-order valence-electron chi connectivity index (χ0n) is 26.8. The third-order valence-electron chi connectivity index (χ3n) is 11.7. The second-order valence-electron chi connectivity index (χ2n) is 14.6. The van der Waals surface area contributed by atoms with Gasteiger partial charge in [0.2, 0.25) is 0 Å². The smallest absolute Gasteiger partial charge is 0.264 e. The van der Waals surface area contributed by atoms with Gasteiger partial charge in [0.15, 0.2) is 23.5 Å². The lowest BCUT2D eigenvalue weighted by Crippen LogP contribution is -2.66. The third-order valence-corrected chi connectivity index (χ3v) is 12.3. The molecule has 0 amide bonds. The second kappa shape index (κ2) is 11.8. The van der Waals surface area contributed by atoms with Crippen molar-refractivity contribution >= 4 is 21.7 Å². The number of carbonyl (C=O) groups excluding carboxylic acids is 2. The summed E-state index contributed by atoms with van der Waals surface area (Å²) in [5, 5.41) is 11.4. The van der Waals surface area contributed by atoms with Gasteiger partial charge in [0.25, 0.3) is 10.1 Å². The molecule has 3 aliphatic carbocycles. The number of hydrogen-bond donors (Lipinski definition) is 1. The highest BCUT2D eigenvalue weighted by Gasteiger charge is 2.69. The number of ether oxygens (including phenoxy) is 2. The number of fused-ring (bicyclic) bond motifs is 1. The monoisotopic (exact) mass is 608 g/mol. The number of carbonyl (C=O) groups is 2. The van der Waals surface area contributed by atoms with Crippen LogP contribution in [0.15, 0.2) is 23.8 Å². The van der Waals surface area contributed by atoms with Crippen LogP contribution in [-0.2, 0) is 33.4 Å². The van der Waals surface area contributed by atoms with Gasteiger partial charge < -0.3 is 14.6 Å². The molecule has 2 saturated carbocycles. The number of allylic oxidation sites excluding steroid dienone is 4. The minimum absolute atomic E-state index is 0.0712. The van der Waals surface area contributed by atoms with E-state index in [4.69, 9.17) is 13.7 Å². The first kappa shape index (κ1) is 33.5. The van der Waals surface area contributed by atoms with Crippen LogP contribution in [0.5, 0.6) is 0 Å². The molecule has 0 bridgehead atoms. The fourth-order valence-corrected chi connectivity index (χ4v) is 9.20. The van der Waals surface area contributed by atoms with E-state index in [9.17, 15) is 23.1 Å². The number of rotatable bonds is 9. The van der Waals surface area contributed by atoms with E-state index >= 15 is 0 Å². The third kappa shape index (κ3) is 5.73. The molecular formula is C33H52O8S. The Balaban J connectivity index is 1.80. The van der Waals surface area contributed by atoms with Crippen LogP contribution in [0, 0.1) is 34.0 Å². The van der Waals surface area contributed by atoms with Gasteiger partial charge in [0, 0.05) is 29.1 Å². The molecule has 0 aromatic rings. The van der Waals surface area contributed by atoms with Gasteiger partial charge in [-0.25, -0.2) is 0 Å². The molecule has 1 unspecified atom stereocenters. The molecule has 0 aromatic carbocycles. The Hall–Kier alpha value is -1.39. The molecule has 0 radical (unpaired) electrons. The lowest BCUT2D eigenvalue weighted by Gasteiger charge is -2.60. The normalized spacial score (nSPS) is 35.8. The van der Waals surface area contributed by atoms with Crippen molar-refractivity contribution in [3.05, 3.63) is 23.8 Å². The molecule has 8 nitrogen and oxygen atoms in total. The van der Waals surface area contributed by atoms with Crippen molar-refractivity contribution in [1.29, 1.82) is 0 Å². The molecule has 0 aromatic heterocycles. The molecule has 42 heavy (non-hydrogen) atoms. The number of ketones is 2. The zero-order valence-corrected chi connectivity index (χ0v) is 27.6. The van der Waals surface area contributed by atoms with Crippen molar-refractivity contribution in [1.82, 2.24) is 0 Å². The Morgan fingerprint density at radius 2 is 1.81 bits per heavy atom. The van der Waals surface area contributed by atoms with Crippen LogP contribution in [0.2, 0.25) is 0 Å². The molecule has 1 N–H and O–H groups in total. The van der Waals surface area contributed by atoms with Crippen LogP contribution in [0.25, 0.3) is 0 Å². The SMILES string of the molecule is CC(O)[C@H]1[C@H](C(C)(C)C(C)(C)[C@]2(C(=O)COS(C)(=O)=O)O[C@H](C3CCCCC3)O[C@@H]2C)CCC2=CC(=O)CC=C[C@@]21C. The molecule has 0 spiro atoms. The number of Topliss-reactive ketones (excluding diaryl/α,β-unsaturated/α-hetero) is 1. The highest BCUT2D eigenvalue weighted by molar-refractivity contribution is 7.86. The van der Waals surface area contributed by atoms with Crippen LogP contribution in [0.4, 0.5) is 0 Å². The highest BCUT2D eigenvalue weighted by atomic mass is 32.2. The van der Waals surface area contributed by atoms with Crippen molar-refractivity contribution in [2.24, 2.45) is 34.0 Å². The van der Waals surface area contributed by atoms with E-state index in [-0.39, 0.29) is 23.5 Å². The molecule has 1 aliphatic heterocycles.